The maximum atomic E-state index is 13.2. The van der Waals surface area contributed by atoms with Crippen molar-refractivity contribution in [2.45, 2.75) is 18.0 Å². The number of rotatable bonds is 7. The van der Waals surface area contributed by atoms with Gasteiger partial charge in [0, 0.05) is 12.3 Å². The Morgan fingerprint density at radius 2 is 1.90 bits per heavy atom. The predicted molar refractivity (Wildman–Crippen MR) is 110 cm³/mol. The molecule has 0 radical (unpaired) electrons. The Hall–Kier alpha value is -3.30. The molecule has 0 unspecified atom stereocenters. The standard InChI is InChI=1S/C21H19FN4O3S/c1-29-17-4-2-5-18(12-17)30(27,28)24-13-20-25-19-6-3-11-23-21(19)26(20)14-15-7-9-16(22)10-8-15/h2-12,24H,13-14H2,1H3. The molecular formula is C21H19FN4O3S. The summed E-state index contributed by atoms with van der Waals surface area (Å²) in [5.74, 6) is 0.628. The predicted octanol–water partition coefficient (Wildman–Crippen LogP) is 3.11. The molecule has 0 atom stereocenters. The van der Waals surface area contributed by atoms with Crippen LogP contribution in [0.1, 0.15) is 11.4 Å². The van der Waals surface area contributed by atoms with Gasteiger partial charge < -0.3 is 9.30 Å². The van der Waals surface area contributed by atoms with Gasteiger partial charge >= 0.3 is 0 Å². The summed E-state index contributed by atoms with van der Waals surface area (Å²) in [6, 6.07) is 15.9. The number of methoxy groups -OCH3 is 1. The van der Waals surface area contributed by atoms with E-state index in [9.17, 15) is 12.8 Å². The van der Waals surface area contributed by atoms with Gasteiger partial charge in [-0.1, -0.05) is 18.2 Å². The third-order valence-corrected chi connectivity index (χ3v) is 6.01. The van der Waals surface area contributed by atoms with E-state index in [1.165, 1.54) is 31.4 Å². The van der Waals surface area contributed by atoms with Gasteiger partial charge in [0.2, 0.25) is 10.0 Å². The molecule has 0 saturated carbocycles. The highest BCUT2D eigenvalue weighted by atomic mass is 32.2. The normalized spacial score (nSPS) is 11.7. The van der Waals surface area contributed by atoms with Gasteiger partial charge in [-0.3, -0.25) is 0 Å². The topological polar surface area (TPSA) is 86.1 Å². The molecule has 4 aromatic rings. The summed E-state index contributed by atoms with van der Waals surface area (Å²) < 4.78 is 48.2. The molecule has 4 rings (SSSR count). The number of hydrogen-bond acceptors (Lipinski definition) is 5. The number of fused-ring (bicyclic) bond motifs is 1. The highest BCUT2D eigenvalue weighted by Gasteiger charge is 2.18. The molecular weight excluding hydrogens is 407 g/mol. The van der Waals surface area contributed by atoms with Crippen molar-refractivity contribution in [3.8, 4) is 5.75 Å². The number of nitrogens with one attached hydrogen (secondary N) is 1. The molecule has 7 nitrogen and oxygen atoms in total. The van der Waals surface area contributed by atoms with E-state index in [1.54, 1.807) is 36.5 Å². The number of imidazole rings is 1. The zero-order valence-corrected chi connectivity index (χ0v) is 16.9. The lowest BCUT2D eigenvalue weighted by Crippen LogP contribution is -2.25. The first kappa shape index (κ1) is 20.0. The average Bonchev–Trinajstić information content (AvgIpc) is 3.11. The largest absolute Gasteiger partial charge is 0.497 e. The van der Waals surface area contributed by atoms with Gasteiger partial charge in [-0.15, -0.1) is 0 Å². The molecule has 0 aliphatic rings. The zero-order valence-electron chi connectivity index (χ0n) is 16.1. The van der Waals surface area contributed by atoms with Crippen molar-refractivity contribution >= 4 is 21.2 Å². The Morgan fingerprint density at radius 1 is 1.10 bits per heavy atom. The van der Waals surface area contributed by atoms with Gasteiger partial charge in [-0.05, 0) is 42.0 Å². The minimum atomic E-state index is -3.78. The van der Waals surface area contributed by atoms with Crippen LogP contribution in [0, 0.1) is 5.82 Å². The number of nitrogens with zero attached hydrogens (tertiary/aromatic N) is 3. The van der Waals surface area contributed by atoms with Gasteiger partial charge in [0.15, 0.2) is 5.65 Å². The minimum Gasteiger partial charge on any atom is -0.497 e. The molecule has 2 heterocycles. The van der Waals surface area contributed by atoms with Crippen molar-refractivity contribution in [2.75, 3.05) is 7.11 Å². The highest BCUT2D eigenvalue weighted by molar-refractivity contribution is 7.89. The van der Waals surface area contributed by atoms with Crippen molar-refractivity contribution in [2.24, 2.45) is 0 Å². The molecule has 1 N–H and O–H groups in total. The lowest BCUT2D eigenvalue weighted by molar-refractivity contribution is 0.413. The van der Waals surface area contributed by atoms with Gasteiger partial charge in [-0.25, -0.2) is 27.5 Å². The second kappa shape index (κ2) is 8.21. The molecule has 154 valence electrons. The summed E-state index contributed by atoms with van der Waals surface area (Å²) in [5.41, 5.74) is 2.12. The lowest BCUT2D eigenvalue weighted by Gasteiger charge is -2.11. The van der Waals surface area contributed by atoms with Crippen LogP contribution in [0.25, 0.3) is 11.2 Å². The summed E-state index contributed by atoms with van der Waals surface area (Å²) in [5, 5.41) is 0. The van der Waals surface area contributed by atoms with E-state index >= 15 is 0 Å². The number of ether oxygens (including phenoxy) is 1. The first-order valence-electron chi connectivity index (χ1n) is 9.14. The molecule has 2 aromatic carbocycles. The van der Waals surface area contributed by atoms with E-state index in [4.69, 9.17) is 4.74 Å². The Balaban J connectivity index is 1.64. The fourth-order valence-corrected chi connectivity index (χ4v) is 4.10. The number of aromatic nitrogens is 3. The van der Waals surface area contributed by atoms with Crippen molar-refractivity contribution in [1.82, 2.24) is 19.3 Å². The van der Waals surface area contributed by atoms with Crippen molar-refractivity contribution in [3.05, 3.63) is 84.1 Å². The molecule has 9 heteroatoms. The first-order valence-corrected chi connectivity index (χ1v) is 10.6. The second-order valence-electron chi connectivity index (χ2n) is 6.59. The van der Waals surface area contributed by atoms with E-state index in [0.717, 1.165) is 5.56 Å². The fourth-order valence-electron chi connectivity index (χ4n) is 3.09. The maximum Gasteiger partial charge on any atom is 0.241 e. The SMILES string of the molecule is COc1cccc(S(=O)(=O)NCc2nc3cccnc3n2Cc2ccc(F)cc2)c1. The van der Waals surface area contributed by atoms with Crippen LogP contribution in [0.5, 0.6) is 5.75 Å². The summed E-state index contributed by atoms with van der Waals surface area (Å²) >= 11 is 0. The quantitative estimate of drug-likeness (QED) is 0.491. The van der Waals surface area contributed by atoms with Crippen LogP contribution >= 0.6 is 0 Å². The molecule has 0 spiro atoms. The number of pyridine rings is 1. The number of sulfonamides is 1. The number of hydrogen-bond donors (Lipinski definition) is 1. The molecule has 0 saturated heterocycles. The van der Waals surface area contributed by atoms with E-state index in [-0.39, 0.29) is 17.3 Å². The summed E-state index contributed by atoms with van der Waals surface area (Å²) in [6.07, 6.45) is 1.65. The van der Waals surface area contributed by atoms with Crippen LogP contribution in [-0.4, -0.2) is 30.1 Å². The van der Waals surface area contributed by atoms with Crippen molar-refractivity contribution in [3.63, 3.8) is 0 Å². The van der Waals surface area contributed by atoms with Gasteiger partial charge in [0.05, 0.1) is 25.1 Å². The highest BCUT2D eigenvalue weighted by Crippen LogP contribution is 2.19. The average molecular weight is 426 g/mol. The molecule has 0 amide bonds. The van der Waals surface area contributed by atoms with Crippen molar-refractivity contribution < 1.29 is 17.5 Å². The zero-order chi connectivity index (χ0) is 21.1. The van der Waals surface area contributed by atoms with Gasteiger partial charge in [0.1, 0.15) is 22.9 Å². The lowest BCUT2D eigenvalue weighted by atomic mass is 10.2. The van der Waals surface area contributed by atoms with Crippen molar-refractivity contribution in [1.29, 1.82) is 0 Å². The first-order chi connectivity index (χ1) is 14.5. The monoisotopic (exact) mass is 426 g/mol. The summed E-state index contributed by atoms with van der Waals surface area (Å²) in [6.45, 7) is 0.348. The second-order valence-corrected chi connectivity index (χ2v) is 8.36. The Bertz CT molecular complexity index is 1290. The molecule has 0 aliphatic heterocycles. The van der Waals surface area contributed by atoms with Crippen LogP contribution in [-0.2, 0) is 23.1 Å². The molecule has 0 aliphatic carbocycles. The number of benzene rings is 2. The van der Waals surface area contributed by atoms with E-state index in [2.05, 4.69) is 14.7 Å². The number of halogens is 1. The Morgan fingerprint density at radius 3 is 2.67 bits per heavy atom. The molecule has 2 aromatic heterocycles. The maximum absolute atomic E-state index is 13.2. The van der Waals surface area contributed by atoms with Crippen LogP contribution in [0.2, 0.25) is 0 Å². The van der Waals surface area contributed by atoms with Crippen LogP contribution in [0.15, 0.2) is 71.8 Å². The minimum absolute atomic E-state index is 0.0307. The third kappa shape index (κ3) is 4.17. The van der Waals surface area contributed by atoms with Crippen LogP contribution in [0.3, 0.4) is 0 Å². The van der Waals surface area contributed by atoms with E-state index in [1.807, 2.05) is 10.6 Å². The third-order valence-electron chi connectivity index (χ3n) is 4.61. The summed E-state index contributed by atoms with van der Waals surface area (Å²) in [7, 11) is -2.30. The summed E-state index contributed by atoms with van der Waals surface area (Å²) in [4.78, 5) is 9.00. The molecule has 30 heavy (non-hydrogen) atoms. The molecule has 0 bridgehead atoms. The smallest absolute Gasteiger partial charge is 0.241 e. The van der Waals surface area contributed by atoms with Gasteiger partial charge in [0.25, 0.3) is 0 Å². The fraction of sp³-hybridized carbons (Fsp3) is 0.143. The van der Waals surface area contributed by atoms with Gasteiger partial charge in [-0.2, -0.15) is 0 Å². The Kier molecular flexibility index (Phi) is 5.47. The Labute approximate surface area is 173 Å². The van der Waals surface area contributed by atoms with Crippen LogP contribution in [0.4, 0.5) is 4.39 Å². The van der Waals surface area contributed by atoms with E-state index < -0.39 is 10.0 Å². The molecule has 0 fully saturated rings. The van der Waals surface area contributed by atoms with E-state index in [0.29, 0.717) is 29.3 Å². The van der Waals surface area contributed by atoms with Crippen LogP contribution < -0.4 is 9.46 Å².